The van der Waals surface area contributed by atoms with Gasteiger partial charge in [0.25, 0.3) is 5.56 Å². The average molecular weight is 345 g/mol. The first kappa shape index (κ1) is 13.8. The Morgan fingerprint density at radius 1 is 1.29 bits per heavy atom. The van der Waals surface area contributed by atoms with Gasteiger partial charge in [-0.1, -0.05) is 22.0 Å². The summed E-state index contributed by atoms with van der Waals surface area (Å²) in [6.45, 7) is 1.92. The fourth-order valence-electron chi connectivity index (χ4n) is 2.46. The second kappa shape index (κ2) is 5.33. The first-order valence-corrected chi connectivity index (χ1v) is 7.22. The van der Waals surface area contributed by atoms with E-state index in [9.17, 15) is 4.79 Å². The van der Waals surface area contributed by atoms with Crippen molar-refractivity contribution in [2.45, 2.75) is 6.92 Å². The molecule has 106 valence electrons. The first-order chi connectivity index (χ1) is 10.1. The number of aromatic nitrogens is 2. The number of aromatic amines is 1. The summed E-state index contributed by atoms with van der Waals surface area (Å²) in [6.07, 6.45) is 1.73. The molecule has 3 rings (SSSR count). The summed E-state index contributed by atoms with van der Waals surface area (Å²) in [7, 11) is 1.50. The highest BCUT2D eigenvalue weighted by Crippen LogP contribution is 2.35. The van der Waals surface area contributed by atoms with Crippen LogP contribution in [0, 0.1) is 6.92 Å². The van der Waals surface area contributed by atoms with Gasteiger partial charge in [0.1, 0.15) is 0 Å². The maximum Gasteiger partial charge on any atom is 0.291 e. The molecule has 0 aliphatic carbocycles. The van der Waals surface area contributed by atoms with Crippen molar-refractivity contribution in [3.8, 4) is 16.9 Å². The number of pyridine rings is 2. The van der Waals surface area contributed by atoms with Crippen molar-refractivity contribution < 1.29 is 4.74 Å². The van der Waals surface area contributed by atoms with Gasteiger partial charge in [-0.15, -0.1) is 0 Å². The summed E-state index contributed by atoms with van der Waals surface area (Å²) in [5.74, 6) is 0.302. The summed E-state index contributed by atoms with van der Waals surface area (Å²) >= 11 is 3.47. The van der Waals surface area contributed by atoms with E-state index in [4.69, 9.17) is 4.74 Å². The van der Waals surface area contributed by atoms with E-state index >= 15 is 0 Å². The summed E-state index contributed by atoms with van der Waals surface area (Å²) in [5.41, 5.74) is 3.03. The smallest absolute Gasteiger partial charge is 0.291 e. The molecule has 0 saturated carbocycles. The molecule has 4 nitrogen and oxygen atoms in total. The zero-order valence-corrected chi connectivity index (χ0v) is 13.2. The molecule has 21 heavy (non-hydrogen) atoms. The molecule has 0 atom stereocenters. The number of hydrogen-bond acceptors (Lipinski definition) is 3. The number of aryl methyl sites for hydroxylation is 1. The molecule has 1 N–H and O–H groups in total. The molecule has 3 aromatic rings. The van der Waals surface area contributed by atoms with Crippen LogP contribution in [0.15, 0.2) is 45.8 Å². The number of H-pyrrole nitrogens is 1. The molecule has 5 heteroatoms. The van der Waals surface area contributed by atoms with Crippen molar-refractivity contribution in [1.29, 1.82) is 0 Å². The third-order valence-corrected chi connectivity index (χ3v) is 3.91. The van der Waals surface area contributed by atoms with Gasteiger partial charge in [-0.25, -0.2) is 0 Å². The number of halogens is 1. The minimum atomic E-state index is -0.245. The van der Waals surface area contributed by atoms with E-state index in [0.29, 0.717) is 5.75 Å². The monoisotopic (exact) mass is 344 g/mol. The molecule has 0 saturated heterocycles. The van der Waals surface area contributed by atoms with Gasteiger partial charge in [-0.05, 0) is 31.2 Å². The molecule has 0 bridgehead atoms. The minimum absolute atomic E-state index is 0.245. The number of benzene rings is 1. The Bertz CT molecular complexity index is 887. The van der Waals surface area contributed by atoms with Crippen LogP contribution in [-0.2, 0) is 0 Å². The second-order valence-corrected chi connectivity index (χ2v) is 5.60. The summed E-state index contributed by atoms with van der Waals surface area (Å²) in [5, 5.41) is 0.914. The minimum Gasteiger partial charge on any atom is -0.491 e. The number of ether oxygens (including phenoxy) is 1. The molecule has 0 amide bonds. The van der Waals surface area contributed by atoms with E-state index in [1.54, 1.807) is 6.20 Å². The molecule has 2 aromatic heterocycles. The predicted molar refractivity (Wildman–Crippen MR) is 86.8 cm³/mol. The van der Waals surface area contributed by atoms with Crippen LogP contribution in [0.3, 0.4) is 0 Å². The van der Waals surface area contributed by atoms with Crippen LogP contribution in [0.5, 0.6) is 5.75 Å². The van der Waals surface area contributed by atoms with Gasteiger partial charge < -0.3 is 9.72 Å². The third kappa shape index (κ3) is 2.34. The van der Waals surface area contributed by atoms with Gasteiger partial charge in [0.15, 0.2) is 5.75 Å². The van der Waals surface area contributed by atoms with E-state index in [1.807, 2.05) is 37.3 Å². The van der Waals surface area contributed by atoms with Crippen LogP contribution in [0.4, 0.5) is 0 Å². The third-order valence-electron chi connectivity index (χ3n) is 3.41. The number of hydrogen-bond donors (Lipinski definition) is 1. The van der Waals surface area contributed by atoms with Crippen molar-refractivity contribution in [2.24, 2.45) is 0 Å². The van der Waals surface area contributed by atoms with Crippen LogP contribution in [0.25, 0.3) is 22.0 Å². The number of nitrogens with zero attached hydrogens (tertiary/aromatic N) is 1. The fourth-order valence-corrected chi connectivity index (χ4v) is 2.82. The molecule has 0 radical (unpaired) electrons. The Balaban J connectivity index is 2.51. The van der Waals surface area contributed by atoms with Gasteiger partial charge in [0.2, 0.25) is 0 Å². The van der Waals surface area contributed by atoms with Crippen LogP contribution in [0.1, 0.15) is 5.69 Å². The maximum atomic E-state index is 12.2. The lowest BCUT2D eigenvalue weighted by atomic mass is 9.99. The Morgan fingerprint density at radius 3 is 2.81 bits per heavy atom. The Labute approximate surface area is 129 Å². The molecular weight excluding hydrogens is 332 g/mol. The van der Waals surface area contributed by atoms with Crippen LogP contribution < -0.4 is 10.3 Å². The SMILES string of the molecule is COc1c(-c2cccnc2C)c2cc(Br)ccc2[nH]c1=O. The van der Waals surface area contributed by atoms with Crippen molar-refractivity contribution in [3.05, 3.63) is 57.0 Å². The Hall–Kier alpha value is -2.14. The number of fused-ring (bicyclic) bond motifs is 1. The Kier molecular flexibility index (Phi) is 3.51. The summed E-state index contributed by atoms with van der Waals surface area (Å²) in [6, 6.07) is 9.53. The van der Waals surface area contributed by atoms with Crippen LogP contribution >= 0.6 is 15.9 Å². The van der Waals surface area contributed by atoms with E-state index in [1.165, 1.54) is 7.11 Å². The highest BCUT2D eigenvalue weighted by Gasteiger charge is 2.17. The Morgan fingerprint density at radius 2 is 2.10 bits per heavy atom. The lowest BCUT2D eigenvalue weighted by Crippen LogP contribution is -2.11. The van der Waals surface area contributed by atoms with Crippen LogP contribution in [-0.4, -0.2) is 17.1 Å². The van der Waals surface area contributed by atoms with Crippen molar-refractivity contribution in [2.75, 3.05) is 7.11 Å². The van der Waals surface area contributed by atoms with E-state index in [2.05, 4.69) is 25.9 Å². The molecule has 0 fully saturated rings. The lowest BCUT2D eigenvalue weighted by Gasteiger charge is -2.13. The van der Waals surface area contributed by atoms with Gasteiger partial charge in [-0.2, -0.15) is 0 Å². The highest BCUT2D eigenvalue weighted by atomic mass is 79.9. The average Bonchev–Trinajstić information content (AvgIpc) is 2.47. The predicted octanol–water partition coefficient (Wildman–Crippen LogP) is 3.67. The van der Waals surface area contributed by atoms with Gasteiger partial charge >= 0.3 is 0 Å². The summed E-state index contributed by atoms with van der Waals surface area (Å²) in [4.78, 5) is 19.4. The highest BCUT2D eigenvalue weighted by molar-refractivity contribution is 9.10. The van der Waals surface area contributed by atoms with Crippen molar-refractivity contribution in [3.63, 3.8) is 0 Å². The fraction of sp³-hybridized carbons (Fsp3) is 0.125. The van der Waals surface area contributed by atoms with Gasteiger partial charge in [0, 0.05) is 38.4 Å². The number of nitrogens with one attached hydrogen (secondary N) is 1. The molecule has 2 heterocycles. The molecular formula is C16H13BrN2O2. The molecule has 0 aliphatic rings. The second-order valence-electron chi connectivity index (χ2n) is 4.69. The topological polar surface area (TPSA) is 55.0 Å². The number of rotatable bonds is 2. The quantitative estimate of drug-likeness (QED) is 0.771. The van der Waals surface area contributed by atoms with E-state index in [-0.39, 0.29) is 5.56 Å². The van der Waals surface area contributed by atoms with Gasteiger partial charge in [-0.3, -0.25) is 9.78 Å². The molecule has 1 aromatic carbocycles. The van der Waals surface area contributed by atoms with Crippen LogP contribution in [0.2, 0.25) is 0 Å². The molecule has 0 unspecified atom stereocenters. The van der Waals surface area contributed by atoms with Crippen molar-refractivity contribution in [1.82, 2.24) is 9.97 Å². The van der Waals surface area contributed by atoms with Gasteiger partial charge in [0.05, 0.1) is 7.11 Å². The summed E-state index contributed by atoms with van der Waals surface area (Å²) < 4.78 is 6.28. The van der Waals surface area contributed by atoms with E-state index < -0.39 is 0 Å². The standard InChI is InChI=1S/C16H13BrN2O2/c1-9-11(4-3-7-18-9)14-12-8-10(17)5-6-13(12)19-16(20)15(14)21-2/h3-8H,1-2H3,(H,19,20). The lowest BCUT2D eigenvalue weighted by molar-refractivity contribution is 0.411. The number of methoxy groups -OCH3 is 1. The molecule has 0 aliphatic heterocycles. The first-order valence-electron chi connectivity index (χ1n) is 6.43. The van der Waals surface area contributed by atoms with Crippen molar-refractivity contribution >= 4 is 26.8 Å². The maximum absolute atomic E-state index is 12.2. The zero-order valence-electron chi connectivity index (χ0n) is 11.6. The zero-order chi connectivity index (χ0) is 15.0. The largest absolute Gasteiger partial charge is 0.491 e. The normalized spacial score (nSPS) is 10.8. The molecule has 0 spiro atoms. The van der Waals surface area contributed by atoms with E-state index in [0.717, 1.165) is 32.2 Å².